The molecule has 0 radical (unpaired) electrons. The van der Waals surface area contributed by atoms with Crippen LogP contribution in [0.4, 0.5) is 0 Å². The minimum atomic E-state index is -2.09. The van der Waals surface area contributed by atoms with Crippen LogP contribution in [0.3, 0.4) is 0 Å². The van der Waals surface area contributed by atoms with Gasteiger partial charge in [-0.05, 0) is 19.9 Å². The molecule has 0 aromatic carbocycles. The number of fused-ring (bicyclic) bond motifs is 3. The van der Waals surface area contributed by atoms with Gasteiger partial charge >= 0.3 is 11.9 Å². The highest BCUT2D eigenvalue weighted by Crippen LogP contribution is 2.39. The van der Waals surface area contributed by atoms with Crippen molar-refractivity contribution in [3.05, 3.63) is 60.8 Å². The Hall–Kier alpha value is -2.72. The van der Waals surface area contributed by atoms with Crippen LogP contribution in [-0.4, -0.2) is 116 Å². The lowest BCUT2D eigenvalue weighted by molar-refractivity contribution is -0.311. The summed E-state index contributed by atoms with van der Waals surface area (Å²) in [6.07, 6.45) is 5.92. The summed E-state index contributed by atoms with van der Waals surface area (Å²) in [6.45, 7) is 5.25. The Balaban J connectivity index is 1.58. The average molecular weight is 665 g/mol. The highest BCUT2D eigenvalue weighted by atomic mass is 16.7. The van der Waals surface area contributed by atoms with Gasteiger partial charge in [0.2, 0.25) is 0 Å². The number of cyclic esters (lactones) is 1. The fourth-order valence-electron chi connectivity index (χ4n) is 6.10. The first-order chi connectivity index (χ1) is 22.3. The van der Waals surface area contributed by atoms with E-state index in [0.717, 1.165) is 0 Å². The van der Waals surface area contributed by atoms with Crippen molar-refractivity contribution in [1.82, 2.24) is 0 Å². The van der Waals surface area contributed by atoms with Gasteiger partial charge in [-0.1, -0.05) is 55.5 Å². The highest BCUT2D eigenvalue weighted by Gasteiger charge is 2.51. The molecule has 3 fully saturated rings. The first kappa shape index (κ1) is 37.1. The Morgan fingerprint density at radius 2 is 1.60 bits per heavy atom. The third kappa shape index (κ3) is 10.6. The van der Waals surface area contributed by atoms with Crippen LogP contribution < -0.4 is 0 Å². The van der Waals surface area contributed by atoms with Gasteiger partial charge in [-0.25, -0.2) is 4.79 Å². The third-order valence-corrected chi connectivity index (χ3v) is 8.93. The fourth-order valence-corrected chi connectivity index (χ4v) is 6.10. The zero-order valence-electron chi connectivity index (χ0n) is 26.9. The van der Waals surface area contributed by atoms with Gasteiger partial charge in [-0.3, -0.25) is 4.79 Å². The normalized spacial score (nSPS) is 47.2. The number of carboxylic acids is 1. The SMILES string of the molecule is CC1OC(O[C@H]2/C=C/C=C/C=C/C=C/C[C@@H](C)OC(=O)/C=C/[C@H]3O[C@@H]3C[C@H](O)C[C@]3(O)C[C@H](O)[C@@H](C(=O)O)[C@H](C2)O3)C(O)C(O)C1C. The number of ether oxygens (including phenoxy) is 5. The van der Waals surface area contributed by atoms with Crippen LogP contribution >= 0.6 is 0 Å². The van der Waals surface area contributed by atoms with Crippen molar-refractivity contribution in [2.75, 3.05) is 0 Å². The van der Waals surface area contributed by atoms with Crippen molar-refractivity contribution in [1.29, 1.82) is 0 Å². The van der Waals surface area contributed by atoms with E-state index >= 15 is 0 Å². The molecule has 4 aliphatic rings. The molecule has 0 aliphatic carbocycles. The molecule has 13 heteroatoms. The second-order valence-electron chi connectivity index (χ2n) is 12.9. The standard InChI is InChI=1S/C34H48O13/c1-19-11-9-7-5-4-6-8-10-12-23(45-33-31(39)30(38)20(2)21(3)44-33)16-27-29(32(40)41)24(36)18-34(42,47-27)17-22(35)15-26-25(46-26)13-14-28(37)43-19/h4-10,12-14,19-27,29-31,33,35-36,38-39,42H,11,15-18H2,1-3H3,(H,40,41)/b5-4+,8-6+,9-7+,12-10+,14-13+/t19-,20?,21?,22+,23+,24+,25-,26-,27+,29-,30?,31?,33?,34-/m1/s1. The fraction of sp³-hybridized carbons (Fsp3) is 0.647. The maximum Gasteiger partial charge on any atom is 0.330 e. The summed E-state index contributed by atoms with van der Waals surface area (Å²) in [4.78, 5) is 24.4. The molecule has 0 saturated carbocycles. The Morgan fingerprint density at radius 3 is 2.32 bits per heavy atom. The second-order valence-corrected chi connectivity index (χ2v) is 12.9. The Kier molecular flexibility index (Phi) is 13.1. The number of esters is 1. The first-order valence-corrected chi connectivity index (χ1v) is 16.1. The molecular weight excluding hydrogens is 616 g/mol. The van der Waals surface area contributed by atoms with Crippen LogP contribution in [0.15, 0.2) is 60.8 Å². The number of epoxide rings is 1. The lowest BCUT2D eigenvalue weighted by Gasteiger charge is -2.45. The number of aliphatic hydroxyl groups is 5. The van der Waals surface area contributed by atoms with Crippen molar-refractivity contribution < 1.29 is 63.9 Å². The van der Waals surface area contributed by atoms with E-state index in [2.05, 4.69) is 0 Å². The number of hydrogen-bond donors (Lipinski definition) is 6. The quantitative estimate of drug-likeness (QED) is 0.187. The molecule has 0 aromatic rings. The number of carbonyl (C=O) groups is 2. The topological polar surface area (TPSA) is 205 Å². The summed E-state index contributed by atoms with van der Waals surface area (Å²) in [5, 5.41) is 64.3. The van der Waals surface area contributed by atoms with Gasteiger partial charge in [-0.15, -0.1) is 0 Å². The molecule has 47 heavy (non-hydrogen) atoms. The smallest absolute Gasteiger partial charge is 0.330 e. The predicted molar refractivity (Wildman–Crippen MR) is 166 cm³/mol. The minimum absolute atomic E-state index is 0.0875. The lowest BCUT2D eigenvalue weighted by Crippen LogP contribution is -2.57. The highest BCUT2D eigenvalue weighted by molar-refractivity contribution is 5.82. The van der Waals surface area contributed by atoms with E-state index in [9.17, 15) is 40.2 Å². The lowest BCUT2D eigenvalue weighted by atomic mass is 9.83. The van der Waals surface area contributed by atoms with Crippen LogP contribution in [0.25, 0.3) is 0 Å². The van der Waals surface area contributed by atoms with Gasteiger partial charge in [0.15, 0.2) is 12.1 Å². The number of carboxylic acid groups (broad SMARTS) is 1. The molecule has 4 heterocycles. The zero-order chi connectivity index (χ0) is 34.3. The van der Waals surface area contributed by atoms with Crippen LogP contribution in [-0.2, 0) is 33.3 Å². The predicted octanol–water partition coefficient (Wildman–Crippen LogP) is 1.43. The van der Waals surface area contributed by atoms with E-state index in [1.807, 2.05) is 6.08 Å². The molecule has 2 bridgehead atoms. The van der Waals surface area contributed by atoms with E-state index in [-0.39, 0.29) is 31.3 Å². The van der Waals surface area contributed by atoms with Crippen molar-refractivity contribution in [3.63, 3.8) is 0 Å². The molecule has 0 spiro atoms. The van der Waals surface area contributed by atoms with Gasteiger partial charge < -0.3 is 54.3 Å². The van der Waals surface area contributed by atoms with Crippen molar-refractivity contribution in [2.24, 2.45) is 11.8 Å². The molecule has 4 aliphatic heterocycles. The maximum absolute atomic E-state index is 12.3. The second kappa shape index (κ2) is 16.6. The largest absolute Gasteiger partial charge is 0.481 e. The van der Waals surface area contributed by atoms with Gasteiger partial charge in [0.05, 0.1) is 42.7 Å². The molecule has 3 saturated heterocycles. The van der Waals surface area contributed by atoms with E-state index in [0.29, 0.717) is 6.42 Å². The molecule has 14 atom stereocenters. The van der Waals surface area contributed by atoms with Crippen LogP contribution in [0.5, 0.6) is 0 Å². The molecule has 6 N–H and O–H groups in total. The van der Waals surface area contributed by atoms with E-state index in [4.69, 9.17) is 23.7 Å². The summed E-state index contributed by atoms with van der Waals surface area (Å²) in [5.41, 5.74) is 0. The van der Waals surface area contributed by atoms with Gasteiger partial charge in [0, 0.05) is 44.1 Å². The summed E-state index contributed by atoms with van der Waals surface area (Å²) < 4.78 is 28.7. The van der Waals surface area contributed by atoms with Crippen molar-refractivity contribution >= 4 is 11.9 Å². The number of aliphatic hydroxyl groups excluding tert-OH is 4. The summed E-state index contributed by atoms with van der Waals surface area (Å²) in [5.74, 6) is -5.77. The van der Waals surface area contributed by atoms with Crippen molar-refractivity contribution in [3.8, 4) is 0 Å². The number of aliphatic carboxylic acids is 1. The monoisotopic (exact) mass is 664 g/mol. The van der Waals surface area contributed by atoms with Gasteiger partial charge in [0.25, 0.3) is 0 Å². The molecule has 0 aromatic heterocycles. The number of carbonyl (C=O) groups excluding carboxylic acids is 1. The number of hydrogen-bond acceptors (Lipinski definition) is 12. The van der Waals surface area contributed by atoms with Gasteiger partial charge in [0.1, 0.15) is 24.2 Å². The van der Waals surface area contributed by atoms with Crippen LogP contribution in [0.1, 0.15) is 52.9 Å². The first-order valence-electron chi connectivity index (χ1n) is 16.1. The van der Waals surface area contributed by atoms with Crippen LogP contribution in [0.2, 0.25) is 0 Å². The zero-order valence-corrected chi connectivity index (χ0v) is 26.9. The van der Waals surface area contributed by atoms with Crippen LogP contribution in [0, 0.1) is 11.8 Å². The molecule has 262 valence electrons. The van der Waals surface area contributed by atoms with E-state index in [1.54, 1.807) is 69.4 Å². The molecule has 5 unspecified atom stereocenters. The summed E-state index contributed by atoms with van der Waals surface area (Å²) in [7, 11) is 0. The number of rotatable bonds is 3. The summed E-state index contributed by atoms with van der Waals surface area (Å²) in [6, 6.07) is 0. The van der Waals surface area contributed by atoms with Crippen molar-refractivity contribution in [2.45, 2.75) is 126 Å². The number of allylic oxidation sites excluding steroid dienone is 6. The summed E-state index contributed by atoms with van der Waals surface area (Å²) >= 11 is 0. The Labute approximate surface area is 274 Å². The third-order valence-electron chi connectivity index (χ3n) is 8.93. The van der Waals surface area contributed by atoms with E-state index in [1.165, 1.54) is 6.08 Å². The molecular formula is C34H48O13. The van der Waals surface area contributed by atoms with Gasteiger partial charge in [-0.2, -0.15) is 0 Å². The molecule has 4 rings (SSSR count). The molecule has 13 nitrogen and oxygen atoms in total. The Bertz CT molecular complexity index is 1210. The Morgan fingerprint density at radius 1 is 0.894 bits per heavy atom. The average Bonchev–Trinajstić information content (AvgIpc) is 3.72. The molecule has 0 amide bonds. The minimum Gasteiger partial charge on any atom is -0.481 e. The van der Waals surface area contributed by atoms with E-state index < -0.39 is 91.3 Å². The maximum atomic E-state index is 12.3.